The number of ether oxygens (including phenoxy) is 5. The standard InChI is InChI=1S/C67H120O12/c1-4-7-10-13-16-19-22-25-28-30-33-35-38-41-44-47-50-53-59(68)75-56-58(77-60(69)54-51-48-45-42-39-36-32-27-24-21-18-15-12-9-6-3)57-76-67-65(63(72)62(71)64(79-67)66(73)74)78-61(70)55-52-49-46-43-40-37-34-31-29-26-23-20-17-14-11-8-5-2/h16,19,25-26,28-29,58,62-65,67,71-72H,4-15,17-18,20-24,27,30-57H2,1-3H3,(H,73,74)/b19-16-,28-25-,29-26-. The molecule has 12 nitrogen and oxygen atoms in total. The second-order valence-electron chi connectivity index (χ2n) is 22.8. The van der Waals surface area contributed by atoms with Crippen molar-refractivity contribution in [2.75, 3.05) is 13.2 Å². The minimum absolute atomic E-state index is 0.0584. The highest BCUT2D eigenvalue weighted by Gasteiger charge is 2.50. The number of aliphatic hydroxyl groups excluding tert-OH is 2. The number of rotatable bonds is 57. The van der Waals surface area contributed by atoms with Gasteiger partial charge in [0.05, 0.1) is 6.61 Å². The molecule has 0 aromatic carbocycles. The Morgan fingerprint density at radius 1 is 0.418 bits per heavy atom. The summed E-state index contributed by atoms with van der Waals surface area (Å²) in [5.41, 5.74) is 0. The van der Waals surface area contributed by atoms with Gasteiger partial charge in [-0.1, -0.05) is 256 Å². The maximum absolute atomic E-state index is 13.2. The van der Waals surface area contributed by atoms with Crippen LogP contribution in [0.4, 0.5) is 0 Å². The highest BCUT2D eigenvalue weighted by molar-refractivity contribution is 5.74. The fraction of sp³-hybridized carbons (Fsp3) is 0.851. The van der Waals surface area contributed by atoms with Crippen LogP contribution in [0.3, 0.4) is 0 Å². The molecule has 460 valence electrons. The van der Waals surface area contributed by atoms with Crippen molar-refractivity contribution < 1.29 is 58.2 Å². The highest BCUT2D eigenvalue weighted by atomic mass is 16.7. The first-order chi connectivity index (χ1) is 38.6. The molecule has 3 N–H and O–H groups in total. The zero-order valence-electron chi connectivity index (χ0n) is 50.9. The predicted molar refractivity (Wildman–Crippen MR) is 322 cm³/mol. The van der Waals surface area contributed by atoms with E-state index in [1.54, 1.807) is 0 Å². The van der Waals surface area contributed by atoms with Gasteiger partial charge in [0.1, 0.15) is 18.8 Å². The third kappa shape index (κ3) is 45.2. The number of aliphatic hydroxyl groups is 2. The van der Waals surface area contributed by atoms with Gasteiger partial charge in [-0.2, -0.15) is 0 Å². The van der Waals surface area contributed by atoms with Gasteiger partial charge in [-0.05, 0) is 77.0 Å². The Labute approximate surface area is 482 Å². The first-order valence-electron chi connectivity index (χ1n) is 33.0. The van der Waals surface area contributed by atoms with E-state index in [4.69, 9.17) is 23.7 Å². The van der Waals surface area contributed by atoms with Crippen LogP contribution < -0.4 is 0 Å². The highest BCUT2D eigenvalue weighted by Crippen LogP contribution is 2.27. The Kier molecular flexibility index (Phi) is 51.9. The molecular weight excluding hydrogens is 997 g/mol. The number of allylic oxidation sites excluding steroid dienone is 6. The molecule has 0 radical (unpaired) electrons. The lowest BCUT2D eigenvalue weighted by Gasteiger charge is -2.40. The number of carbonyl (C=O) groups is 4. The van der Waals surface area contributed by atoms with Crippen LogP contribution in [0, 0.1) is 0 Å². The van der Waals surface area contributed by atoms with E-state index in [0.717, 1.165) is 89.9 Å². The molecule has 79 heavy (non-hydrogen) atoms. The molecule has 0 spiro atoms. The predicted octanol–water partition coefficient (Wildman–Crippen LogP) is 17.6. The Bertz CT molecular complexity index is 1510. The molecule has 1 fully saturated rings. The Morgan fingerprint density at radius 3 is 1.18 bits per heavy atom. The fourth-order valence-corrected chi connectivity index (χ4v) is 10.1. The summed E-state index contributed by atoms with van der Waals surface area (Å²) < 4.78 is 28.6. The van der Waals surface area contributed by atoms with Crippen molar-refractivity contribution >= 4 is 23.9 Å². The third-order valence-corrected chi connectivity index (χ3v) is 15.2. The molecule has 1 heterocycles. The van der Waals surface area contributed by atoms with E-state index in [-0.39, 0.29) is 25.9 Å². The monoisotopic (exact) mass is 1120 g/mol. The number of carbonyl (C=O) groups excluding carboxylic acids is 3. The van der Waals surface area contributed by atoms with Crippen molar-refractivity contribution in [3.8, 4) is 0 Å². The number of aliphatic carboxylic acids is 1. The minimum Gasteiger partial charge on any atom is -0.479 e. The van der Waals surface area contributed by atoms with E-state index in [1.165, 1.54) is 167 Å². The topological polar surface area (TPSA) is 175 Å². The second kappa shape index (κ2) is 55.5. The van der Waals surface area contributed by atoms with Gasteiger partial charge >= 0.3 is 23.9 Å². The van der Waals surface area contributed by atoms with Crippen LogP contribution in [0.1, 0.15) is 316 Å². The largest absolute Gasteiger partial charge is 0.479 e. The van der Waals surface area contributed by atoms with Gasteiger partial charge in [-0.15, -0.1) is 0 Å². The van der Waals surface area contributed by atoms with Crippen LogP contribution in [0.2, 0.25) is 0 Å². The number of carboxylic acids is 1. The van der Waals surface area contributed by atoms with Gasteiger partial charge in [0.25, 0.3) is 0 Å². The van der Waals surface area contributed by atoms with Crippen LogP contribution in [-0.2, 0) is 42.9 Å². The first kappa shape index (κ1) is 74.0. The van der Waals surface area contributed by atoms with Crippen molar-refractivity contribution in [2.45, 2.75) is 353 Å². The number of esters is 3. The summed E-state index contributed by atoms with van der Waals surface area (Å²) in [6.07, 6.45) is 53.8. The average Bonchev–Trinajstić information content (AvgIpc) is 3.47. The molecule has 1 aliphatic heterocycles. The van der Waals surface area contributed by atoms with Crippen LogP contribution in [-0.4, -0.2) is 89.2 Å². The molecule has 0 aromatic heterocycles. The molecule has 12 heteroatoms. The molecule has 0 aliphatic carbocycles. The van der Waals surface area contributed by atoms with Crippen LogP contribution in [0.25, 0.3) is 0 Å². The molecule has 1 saturated heterocycles. The molecule has 6 atom stereocenters. The van der Waals surface area contributed by atoms with Crippen LogP contribution in [0.5, 0.6) is 0 Å². The lowest BCUT2D eigenvalue weighted by Crippen LogP contribution is -2.61. The van der Waals surface area contributed by atoms with Gasteiger partial charge in [0.15, 0.2) is 24.6 Å². The molecule has 6 unspecified atom stereocenters. The van der Waals surface area contributed by atoms with Crippen molar-refractivity contribution in [1.29, 1.82) is 0 Å². The lowest BCUT2D eigenvalue weighted by atomic mass is 9.98. The van der Waals surface area contributed by atoms with Gasteiger partial charge in [-0.3, -0.25) is 14.4 Å². The molecule has 1 rings (SSSR count). The van der Waals surface area contributed by atoms with E-state index in [2.05, 4.69) is 57.2 Å². The zero-order chi connectivity index (χ0) is 57.5. The molecule has 0 aromatic rings. The maximum Gasteiger partial charge on any atom is 0.335 e. The lowest BCUT2D eigenvalue weighted by molar-refractivity contribution is -0.301. The van der Waals surface area contributed by atoms with Crippen LogP contribution in [0.15, 0.2) is 36.5 Å². The fourth-order valence-electron chi connectivity index (χ4n) is 10.1. The summed E-state index contributed by atoms with van der Waals surface area (Å²) in [6.45, 7) is 6.01. The minimum atomic E-state index is -1.90. The van der Waals surface area contributed by atoms with Crippen molar-refractivity contribution in [3.05, 3.63) is 36.5 Å². The molecule has 1 aliphatic rings. The summed E-state index contributed by atoms with van der Waals surface area (Å²) in [4.78, 5) is 51.3. The zero-order valence-corrected chi connectivity index (χ0v) is 50.9. The molecule has 0 amide bonds. The Hall–Kier alpha value is -3.06. The van der Waals surface area contributed by atoms with Crippen LogP contribution >= 0.6 is 0 Å². The smallest absolute Gasteiger partial charge is 0.335 e. The summed E-state index contributed by atoms with van der Waals surface area (Å²) in [5.74, 6) is -3.10. The van der Waals surface area contributed by atoms with Crippen molar-refractivity contribution in [1.82, 2.24) is 0 Å². The normalized spacial score (nSPS) is 18.0. The molecule has 0 saturated carbocycles. The van der Waals surface area contributed by atoms with Gasteiger partial charge in [-0.25, -0.2) is 4.79 Å². The van der Waals surface area contributed by atoms with Crippen molar-refractivity contribution in [3.63, 3.8) is 0 Å². The summed E-state index contributed by atoms with van der Waals surface area (Å²) >= 11 is 0. The van der Waals surface area contributed by atoms with E-state index in [1.807, 2.05) is 0 Å². The summed E-state index contributed by atoms with van der Waals surface area (Å²) in [7, 11) is 0. The number of unbranched alkanes of at least 4 members (excludes halogenated alkanes) is 37. The van der Waals surface area contributed by atoms with E-state index in [9.17, 15) is 34.5 Å². The van der Waals surface area contributed by atoms with Crippen molar-refractivity contribution in [2.24, 2.45) is 0 Å². The van der Waals surface area contributed by atoms with E-state index in [0.29, 0.717) is 19.3 Å². The summed E-state index contributed by atoms with van der Waals surface area (Å²) in [5, 5.41) is 31.6. The third-order valence-electron chi connectivity index (χ3n) is 15.2. The maximum atomic E-state index is 13.2. The second-order valence-corrected chi connectivity index (χ2v) is 22.8. The van der Waals surface area contributed by atoms with Gasteiger partial charge < -0.3 is 39.0 Å². The molecule has 0 bridgehead atoms. The molecular formula is C67H120O12. The number of hydrogen-bond donors (Lipinski definition) is 3. The first-order valence-corrected chi connectivity index (χ1v) is 33.0. The average molecular weight is 1120 g/mol. The number of carboxylic acid groups (broad SMARTS) is 1. The quantitative estimate of drug-likeness (QED) is 0.0228. The van der Waals surface area contributed by atoms with E-state index >= 15 is 0 Å². The Balaban J connectivity index is 2.65. The number of hydrogen-bond acceptors (Lipinski definition) is 11. The summed E-state index contributed by atoms with van der Waals surface area (Å²) in [6, 6.07) is 0. The van der Waals surface area contributed by atoms with Gasteiger partial charge in [0, 0.05) is 19.3 Å². The SMILES string of the molecule is CCCCC/C=C\C/C=C\CCCCCCCCCC(=O)OCC(COC1OC(C(=O)O)C(O)C(O)C1OC(=O)CCCCCCCCC/C=C\CCCCCCCC)OC(=O)CCCCCCCCCCCCCCCCC. The van der Waals surface area contributed by atoms with E-state index < -0.39 is 67.3 Å². The van der Waals surface area contributed by atoms with Gasteiger partial charge in [0.2, 0.25) is 0 Å². The Morgan fingerprint density at radius 2 is 0.759 bits per heavy atom.